The monoisotopic (exact) mass is 385 g/mol. The largest absolute Gasteiger partial charge is 0.492 e. The van der Waals surface area contributed by atoms with E-state index in [0.29, 0.717) is 28.8 Å². The third-order valence-corrected chi connectivity index (χ3v) is 5.22. The van der Waals surface area contributed by atoms with Crippen LogP contribution in [0.2, 0.25) is 0 Å². The predicted octanol–water partition coefficient (Wildman–Crippen LogP) is 4.26. The first-order valence-electron chi connectivity index (χ1n) is 8.52. The van der Waals surface area contributed by atoms with Gasteiger partial charge < -0.3 is 4.74 Å². The summed E-state index contributed by atoms with van der Waals surface area (Å²) in [7, 11) is 0. The highest BCUT2D eigenvalue weighted by molar-refractivity contribution is 8.14. The van der Waals surface area contributed by atoms with Gasteiger partial charge >= 0.3 is 0 Å². The molecule has 1 saturated heterocycles. The molecule has 3 rings (SSSR count). The maximum Gasteiger partial charge on any atom is 0.269 e. The van der Waals surface area contributed by atoms with Crippen molar-refractivity contribution in [1.29, 1.82) is 0 Å². The predicted molar refractivity (Wildman–Crippen MR) is 106 cm³/mol. The number of non-ortho nitro benzene ring substituents is 1. The second-order valence-electron chi connectivity index (χ2n) is 5.93. The first-order chi connectivity index (χ1) is 13.0. The van der Waals surface area contributed by atoms with Gasteiger partial charge in [0.15, 0.2) is 5.17 Å². The zero-order valence-corrected chi connectivity index (χ0v) is 15.8. The molecule has 0 radical (unpaired) electrons. The zero-order valence-electron chi connectivity index (χ0n) is 15.0. The molecule has 0 unspecified atom stereocenters. The standard InChI is InChI=1S/C19H19N3O4S/c1-3-26-17-7-5-4-6-16(17)20-19-21(13(2)12-27-19)18(23)14-8-10-15(11-9-14)22(24)25/h4-11,13H,3,12H2,1-2H3/t13-/m0/s1. The second kappa shape index (κ2) is 8.22. The molecule has 0 aliphatic carbocycles. The minimum Gasteiger partial charge on any atom is -0.492 e. The normalized spacial score (nSPS) is 17.9. The molecule has 1 aliphatic heterocycles. The van der Waals surface area contributed by atoms with Crippen molar-refractivity contribution in [2.24, 2.45) is 4.99 Å². The van der Waals surface area contributed by atoms with Crippen LogP contribution >= 0.6 is 11.8 Å². The maximum absolute atomic E-state index is 13.0. The molecule has 0 bridgehead atoms. The van der Waals surface area contributed by atoms with Crippen LogP contribution in [0.3, 0.4) is 0 Å². The van der Waals surface area contributed by atoms with Crippen LogP contribution < -0.4 is 4.74 Å². The summed E-state index contributed by atoms with van der Waals surface area (Å²) in [6.07, 6.45) is 0. The summed E-state index contributed by atoms with van der Waals surface area (Å²) in [5.41, 5.74) is 1.01. The van der Waals surface area contributed by atoms with Gasteiger partial charge in [0.1, 0.15) is 11.4 Å². The Kier molecular flexibility index (Phi) is 5.75. The molecule has 7 nitrogen and oxygen atoms in total. The molecular weight excluding hydrogens is 366 g/mol. The number of aliphatic imine (C=N–C) groups is 1. The third-order valence-electron chi connectivity index (χ3n) is 4.03. The van der Waals surface area contributed by atoms with Gasteiger partial charge in [0.2, 0.25) is 0 Å². The molecule has 1 amide bonds. The summed E-state index contributed by atoms with van der Waals surface area (Å²) in [5.74, 6) is 1.17. The molecule has 0 N–H and O–H groups in total. The van der Waals surface area contributed by atoms with Gasteiger partial charge in [0.05, 0.1) is 11.5 Å². The summed E-state index contributed by atoms with van der Waals surface area (Å²) in [6.45, 7) is 4.38. The maximum atomic E-state index is 13.0. The smallest absolute Gasteiger partial charge is 0.269 e. The van der Waals surface area contributed by atoms with Crippen LogP contribution in [0.25, 0.3) is 0 Å². The fourth-order valence-electron chi connectivity index (χ4n) is 2.70. The highest BCUT2D eigenvalue weighted by Gasteiger charge is 2.33. The number of nitrogens with zero attached hydrogens (tertiary/aromatic N) is 3. The summed E-state index contributed by atoms with van der Waals surface area (Å²) < 4.78 is 5.61. The Morgan fingerprint density at radius 1 is 1.30 bits per heavy atom. The first-order valence-corrected chi connectivity index (χ1v) is 9.51. The fraction of sp³-hybridized carbons (Fsp3) is 0.263. The number of ether oxygens (including phenoxy) is 1. The van der Waals surface area contributed by atoms with E-state index in [4.69, 9.17) is 4.74 Å². The van der Waals surface area contributed by atoms with Crippen LogP contribution in [0.5, 0.6) is 5.75 Å². The van der Waals surface area contributed by atoms with Crippen molar-refractivity contribution in [3.63, 3.8) is 0 Å². The number of thioether (sulfide) groups is 1. The van der Waals surface area contributed by atoms with Crippen LogP contribution in [-0.4, -0.2) is 39.3 Å². The highest BCUT2D eigenvalue weighted by Crippen LogP contribution is 2.33. The number of amidine groups is 1. The van der Waals surface area contributed by atoms with Crippen LogP contribution in [0.1, 0.15) is 24.2 Å². The highest BCUT2D eigenvalue weighted by atomic mass is 32.2. The topological polar surface area (TPSA) is 85.0 Å². The SMILES string of the molecule is CCOc1ccccc1N=C1SC[C@H](C)N1C(=O)c1ccc([N+](=O)[O-])cc1. The molecule has 2 aromatic rings. The second-order valence-corrected chi connectivity index (χ2v) is 6.92. The van der Waals surface area contributed by atoms with Gasteiger partial charge in [-0.2, -0.15) is 0 Å². The van der Waals surface area contributed by atoms with Crippen molar-refractivity contribution in [3.05, 3.63) is 64.2 Å². The Hall–Kier alpha value is -2.87. The molecular formula is C19H19N3O4S. The van der Waals surface area contributed by atoms with Crippen molar-refractivity contribution in [2.45, 2.75) is 19.9 Å². The van der Waals surface area contributed by atoms with Crippen molar-refractivity contribution >= 4 is 34.2 Å². The summed E-state index contributed by atoms with van der Waals surface area (Å²) in [6, 6.07) is 13.0. The molecule has 1 aliphatic rings. The number of amides is 1. The van der Waals surface area contributed by atoms with Gasteiger partial charge in [-0.1, -0.05) is 23.9 Å². The molecule has 0 aromatic heterocycles. The zero-order chi connectivity index (χ0) is 19.4. The number of carbonyl (C=O) groups is 1. The molecule has 1 fully saturated rings. The Balaban J connectivity index is 1.91. The molecule has 0 saturated carbocycles. The van der Waals surface area contributed by atoms with Crippen molar-refractivity contribution < 1.29 is 14.5 Å². The Labute approximate surface area is 161 Å². The summed E-state index contributed by atoms with van der Waals surface area (Å²) in [5, 5.41) is 11.4. The van der Waals surface area contributed by atoms with Crippen molar-refractivity contribution in [2.75, 3.05) is 12.4 Å². The molecule has 140 valence electrons. The first kappa shape index (κ1) is 18.9. The van der Waals surface area contributed by atoms with Gasteiger partial charge in [-0.15, -0.1) is 0 Å². The number of carbonyl (C=O) groups excluding carboxylic acids is 1. The molecule has 2 aromatic carbocycles. The van der Waals surface area contributed by atoms with E-state index in [1.54, 1.807) is 4.90 Å². The van der Waals surface area contributed by atoms with E-state index in [2.05, 4.69) is 4.99 Å². The minimum absolute atomic E-state index is 0.0318. The Morgan fingerprint density at radius 2 is 2.00 bits per heavy atom. The van der Waals surface area contributed by atoms with E-state index in [-0.39, 0.29) is 17.6 Å². The number of rotatable bonds is 5. The average molecular weight is 385 g/mol. The van der Waals surface area contributed by atoms with E-state index >= 15 is 0 Å². The number of nitro benzene ring substituents is 1. The molecule has 1 heterocycles. The van der Waals surface area contributed by atoms with E-state index in [1.165, 1.54) is 36.0 Å². The number of hydrogen-bond acceptors (Lipinski definition) is 6. The van der Waals surface area contributed by atoms with Crippen molar-refractivity contribution in [3.8, 4) is 5.75 Å². The van der Waals surface area contributed by atoms with Gasteiger partial charge in [-0.25, -0.2) is 4.99 Å². The third kappa shape index (κ3) is 4.11. The summed E-state index contributed by atoms with van der Waals surface area (Å²) >= 11 is 1.50. The molecule has 27 heavy (non-hydrogen) atoms. The van der Waals surface area contributed by atoms with Gasteiger partial charge in [0, 0.05) is 29.5 Å². The number of hydrogen-bond donors (Lipinski definition) is 0. The fourth-order valence-corrected chi connectivity index (χ4v) is 3.80. The lowest BCUT2D eigenvalue weighted by Gasteiger charge is -2.21. The van der Waals surface area contributed by atoms with Crippen LogP contribution in [0.15, 0.2) is 53.5 Å². The lowest BCUT2D eigenvalue weighted by atomic mass is 10.1. The Bertz CT molecular complexity index is 883. The number of nitro groups is 1. The van der Waals surface area contributed by atoms with Crippen LogP contribution in [0, 0.1) is 10.1 Å². The van der Waals surface area contributed by atoms with E-state index < -0.39 is 4.92 Å². The van der Waals surface area contributed by atoms with Crippen LogP contribution in [-0.2, 0) is 0 Å². The van der Waals surface area contributed by atoms with Gasteiger partial charge in [-0.3, -0.25) is 19.8 Å². The molecule has 1 atom stereocenters. The van der Waals surface area contributed by atoms with Crippen LogP contribution in [0.4, 0.5) is 11.4 Å². The van der Waals surface area contributed by atoms with Crippen molar-refractivity contribution in [1.82, 2.24) is 4.90 Å². The molecule has 8 heteroatoms. The van der Waals surface area contributed by atoms with Gasteiger partial charge in [-0.05, 0) is 38.1 Å². The summed E-state index contributed by atoms with van der Waals surface area (Å²) in [4.78, 5) is 29.6. The Morgan fingerprint density at radius 3 is 2.67 bits per heavy atom. The van der Waals surface area contributed by atoms with Gasteiger partial charge in [0.25, 0.3) is 11.6 Å². The minimum atomic E-state index is -0.486. The van der Waals surface area contributed by atoms with E-state index in [9.17, 15) is 14.9 Å². The quantitative estimate of drug-likeness (QED) is 0.567. The lowest BCUT2D eigenvalue weighted by molar-refractivity contribution is -0.384. The van der Waals surface area contributed by atoms with E-state index in [0.717, 1.165) is 5.75 Å². The average Bonchev–Trinajstić information content (AvgIpc) is 3.03. The molecule has 0 spiro atoms. The number of benzene rings is 2. The number of para-hydroxylation sites is 2. The van der Waals surface area contributed by atoms with E-state index in [1.807, 2.05) is 38.1 Å². The lowest BCUT2D eigenvalue weighted by Crippen LogP contribution is -2.37.